The summed E-state index contributed by atoms with van der Waals surface area (Å²) >= 11 is 5.84. The molecule has 1 aromatic rings. The van der Waals surface area contributed by atoms with Crippen LogP contribution in [0.15, 0.2) is 18.2 Å². The van der Waals surface area contributed by atoms with Gasteiger partial charge in [-0.15, -0.1) is 0 Å². The second kappa shape index (κ2) is 4.47. The second-order valence-corrected chi connectivity index (χ2v) is 4.34. The molecule has 1 unspecified atom stereocenters. The highest BCUT2D eigenvalue weighted by molar-refractivity contribution is 6.30. The van der Waals surface area contributed by atoms with Crippen molar-refractivity contribution in [3.05, 3.63) is 34.6 Å². The van der Waals surface area contributed by atoms with Gasteiger partial charge in [0, 0.05) is 30.7 Å². The average molecular weight is 229 g/mol. The number of nitrogens with zero attached hydrogens (tertiary/aromatic N) is 1. The number of nitrogens with one attached hydrogen (secondary N) is 1. The van der Waals surface area contributed by atoms with Crippen molar-refractivity contribution in [1.82, 2.24) is 10.2 Å². The van der Waals surface area contributed by atoms with E-state index in [1.807, 2.05) is 13.1 Å². The average Bonchev–Trinajstić information content (AvgIpc) is 2.16. The van der Waals surface area contributed by atoms with Crippen molar-refractivity contribution in [2.24, 2.45) is 0 Å². The maximum Gasteiger partial charge on any atom is 0.125 e. The van der Waals surface area contributed by atoms with Crippen molar-refractivity contribution in [3.63, 3.8) is 0 Å². The van der Waals surface area contributed by atoms with Crippen molar-refractivity contribution in [2.75, 3.05) is 26.7 Å². The molecule has 0 amide bonds. The van der Waals surface area contributed by atoms with Crippen molar-refractivity contribution in [2.45, 2.75) is 6.04 Å². The molecule has 0 saturated carbocycles. The first-order chi connectivity index (χ1) is 7.16. The predicted octanol–water partition coefficient (Wildman–Crippen LogP) is 2.06. The van der Waals surface area contributed by atoms with E-state index in [-0.39, 0.29) is 11.9 Å². The van der Waals surface area contributed by atoms with Gasteiger partial charge < -0.3 is 5.32 Å². The molecule has 1 aromatic carbocycles. The van der Waals surface area contributed by atoms with Crippen LogP contribution in [0.25, 0.3) is 0 Å². The minimum absolute atomic E-state index is 0.215. The first-order valence-electron chi connectivity index (χ1n) is 5.04. The molecule has 0 radical (unpaired) electrons. The van der Waals surface area contributed by atoms with Crippen LogP contribution in [-0.2, 0) is 0 Å². The third-order valence-electron chi connectivity index (χ3n) is 2.78. The van der Waals surface area contributed by atoms with Gasteiger partial charge in [0.1, 0.15) is 5.82 Å². The predicted molar refractivity (Wildman–Crippen MR) is 59.7 cm³/mol. The van der Waals surface area contributed by atoms with Crippen molar-refractivity contribution >= 4 is 11.6 Å². The fraction of sp³-hybridized carbons (Fsp3) is 0.455. The highest BCUT2D eigenvalue weighted by atomic mass is 35.5. The van der Waals surface area contributed by atoms with Crippen LogP contribution in [0.5, 0.6) is 0 Å². The van der Waals surface area contributed by atoms with E-state index >= 15 is 0 Å². The van der Waals surface area contributed by atoms with Gasteiger partial charge in [0.25, 0.3) is 0 Å². The zero-order valence-electron chi connectivity index (χ0n) is 8.63. The van der Waals surface area contributed by atoms with Crippen LogP contribution in [0, 0.1) is 5.82 Å². The van der Waals surface area contributed by atoms with E-state index in [9.17, 15) is 4.39 Å². The maximum atomic E-state index is 13.2. The summed E-state index contributed by atoms with van der Waals surface area (Å²) in [6.07, 6.45) is 0. The van der Waals surface area contributed by atoms with Gasteiger partial charge in [-0.1, -0.05) is 11.6 Å². The number of benzene rings is 1. The third-order valence-corrected chi connectivity index (χ3v) is 3.00. The highest BCUT2D eigenvalue weighted by Gasteiger charge is 2.20. The Hall–Kier alpha value is -0.640. The summed E-state index contributed by atoms with van der Waals surface area (Å²) in [4.78, 5) is 2.21. The largest absolute Gasteiger partial charge is 0.314 e. The van der Waals surface area contributed by atoms with E-state index < -0.39 is 0 Å². The molecule has 1 aliphatic heterocycles. The molecular weight excluding hydrogens is 215 g/mol. The molecule has 1 saturated heterocycles. The van der Waals surface area contributed by atoms with Gasteiger partial charge >= 0.3 is 0 Å². The van der Waals surface area contributed by atoms with E-state index in [1.54, 1.807) is 6.07 Å². The molecular formula is C11H14ClFN2. The molecule has 1 N–H and O–H groups in total. The van der Waals surface area contributed by atoms with Crippen LogP contribution in [0.2, 0.25) is 5.02 Å². The minimum atomic E-state index is -0.267. The van der Waals surface area contributed by atoms with E-state index in [2.05, 4.69) is 10.2 Å². The van der Waals surface area contributed by atoms with Crippen LogP contribution < -0.4 is 5.32 Å². The molecule has 1 fully saturated rings. The van der Waals surface area contributed by atoms with Crippen LogP contribution in [0.1, 0.15) is 11.6 Å². The van der Waals surface area contributed by atoms with E-state index in [1.165, 1.54) is 6.07 Å². The standard InChI is InChI=1S/C11H14ClFN2/c1-15-3-2-14-7-11(15)8-4-9(12)6-10(13)5-8/h4-6,11,14H,2-3,7H2,1H3. The molecule has 2 nitrogen and oxygen atoms in total. The van der Waals surface area contributed by atoms with E-state index in [4.69, 9.17) is 11.6 Å². The highest BCUT2D eigenvalue weighted by Crippen LogP contribution is 2.24. The summed E-state index contributed by atoms with van der Waals surface area (Å²) in [5.41, 5.74) is 0.940. The van der Waals surface area contributed by atoms with Crippen LogP contribution in [0.3, 0.4) is 0 Å². The first-order valence-corrected chi connectivity index (χ1v) is 5.41. The Morgan fingerprint density at radius 3 is 2.93 bits per heavy atom. The van der Waals surface area contributed by atoms with Crippen molar-refractivity contribution in [3.8, 4) is 0 Å². The van der Waals surface area contributed by atoms with Gasteiger partial charge in [0.2, 0.25) is 0 Å². The number of piperazine rings is 1. The Balaban J connectivity index is 2.27. The Bertz CT molecular complexity index is 336. The summed E-state index contributed by atoms with van der Waals surface area (Å²) in [6.45, 7) is 2.80. The lowest BCUT2D eigenvalue weighted by Crippen LogP contribution is -2.43. The topological polar surface area (TPSA) is 15.3 Å². The molecule has 15 heavy (non-hydrogen) atoms. The van der Waals surface area contributed by atoms with E-state index in [0.29, 0.717) is 5.02 Å². The second-order valence-electron chi connectivity index (χ2n) is 3.90. The molecule has 0 aromatic heterocycles. The van der Waals surface area contributed by atoms with Gasteiger partial charge in [0.15, 0.2) is 0 Å². The Morgan fingerprint density at radius 1 is 1.47 bits per heavy atom. The fourth-order valence-corrected chi connectivity index (χ4v) is 2.18. The summed E-state index contributed by atoms with van der Waals surface area (Å²) in [5, 5.41) is 3.76. The lowest BCUT2D eigenvalue weighted by molar-refractivity contribution is 0.202. The Labute approximate surface area is 94.0 Å². The SMILES string of the molecule is CN1CCNCC1c1cc(F)cc(Cl)c1. The zero-order valence-corrected chi connectivity index (χ0v) is 9.39. The van der Waals surface area contributed by atoms with Crippen LogP contribution in [-0.4, -0.2) is 31.6 Å². The Kier molecular flexibility index (Phi) is 3.24. The lowest BCUT2D eigenvalue weighted by Gasteiger charge is -2.33. The molecule has 0 bridgehead atoms. The fourth-order valence-electron chi connectivity index (χ4n) is 1.95. The van der Waals surface area contributed by atoms with Crippen LogP contribution >= 0.6 is 11.6 Å². The van der Waals surface area contributed by atoms with Gasteiger partial charge in [-0.25, -0.2) is 4.39 Å². The normalized spacial score (nSPS) is 23.0. The van der Waals surface area contributed by atoms with E-state index in [0.717, 1.165) is 25.2 Å². The number of hydrogen-bond acceptors (Lipinski definition) is 2. The summed E-state index contributed by atoms with van der Waals surface area (Å²) < 4.78 is 13.2. The van der Waals surface area contributed by atoms with Gasteiger partial charge in [-0.05, 0) is 30.8 Å². The number of hydrogen-bond donors (Lipinski definition) is 1. The van der Waals surface area contributed by atoms with Gasteiger partial charge in [-0.2, -0.15) is 0 Å². The summed E-state index contributed by atoms with van der Waals surface area (Å²) in [6, 6.07) is 4.94. The molecule has 0 aliphatic carbocycles. The molecule has 2 rings (SSSR count). The zero-order chi connectivity index (χ0) is 10.8. The molecule has 1 heterocycles. The quantitative estimate of drug-likeness (QED) is 0.792. The molecule has 82 valence electrons. The first kappa shape index (κ1) is 10.9. The lowest BCUT2D eigenvalue weighted by atomic mass is 10.0. The number of likely N-dealkylation sites (N-methyl/N-ethyl adjacent to an activating group) is 1. The Morgan fingerprint density at radius 2 is 2.27 bits per heavy atom. The van der Waals surface area contributed by atoms with Gasteiger partial charge in [-0.3, -0.25) is 4.90 Å². The summed E-state index contributed by atoms with van der Waals surface area (Å²) in [5.74, 6) is -0.267. The molecule has 0 spiro atoms. The monoisotopic (exact) mass is 228 g/mol. The van der Waals surface area contributed by atoms with Crippen molar-refractivity contribution in [1.29, 1.82) is 0 Å². The number of rotatable bonds is 1. The van der Waals surface area contributed by atoms with Crippen LogP contribution in [0.4, 0.5) is 4.39 Å². The van der Waals surface area contributed by atoms with Crippen molar-refractivity contribution < 1.29 is 4.39 Å². The smallest absolute Gasteiger partial charge is 0.125 e. The maximum absolute atomic E-state index is 13.2. The molecule has 1 aliphatic rings. The number of halogens is 2. The minimum Gasteiger partial charge on any atom is -0.314 e. The molecule has 4 heteroatoms. The summed E-state index contributed by atoms with van der Waals surface area (Å²) in [7, 11) is 2.05. The molecule has 1 atom stereocenters. The van der Waals surface area contributed by atoms with Gasteiger partial charge in [0.05, 0.1) is 0 Å². The third kappa shape index (κ3) is 2.48.